The molecule has 0 aliphatic carbocycles. The topological polar surface area (TPSA) is 12.0 Å². The summed E-state index contributed by atoms with van der Waals surface area (Å²) in [7, 11) is 0. The summed E-state index contributed by atoms with van der Waals surface area (Å²) in [6.45, 7) is 0. The van der Waals surface area contributed by atoms with E-state index in [9.17, 15) is 4.39 Å². The van der Waals surface area contributed by atoms with Gasteiger partial charge in [0.05, 0.1) is 22.9 Å². The molecule has 0 heterocycles. The molecule has 0 atom stereocenters. The van der Waals surface area contributed by atoms with Crippen molar-refractivity contribution in [1.82, 2.24) is 0 Å². The normalized spacial score (nSPS) is 9.50. The fraction of sp³-hybridized carbons (Fsp3) is 0. The van der Waals surface area contributed by atoms with Crippen LogP contribution in [-0.4, -0.2) is 0 Å². The lowest BCUT2D eigenvalue weighted by Crippen LogP contribution is -1.81. The van der Waals surface area contributed by atoms with E-state index in [-0.39, 0.29) is 5.82 Å². The third kappa shape index (κ3) is 2.09. The average molecular weight is 316 g/mol. The third-order valence-electron chi connectivity index (χ3n) is 0.972. The molecule has 54 valence electrons. The standard InChI is InChI=1S/C6H4BrFIN/c7-4-1-5(8)3-6(2-4)10-9/h1-3,10H. The third-order valence-corrected chi connectivity index (χ3v) is 2.05. The minimum absolute atomic E-state index is 0.242. The summed E-state index contributed by atoms with van der Waals surface area (Å²) in [5.74, 6) is -0.242. The first-order valence-corrected chi connectivity index (χ1v) is 4.42. The molecule has 1 N–H and O–H groups in total. The molecule has 1 aromatic rings. The Balaban J connectivity index is 3.06. The van der Waals surface area contributed by atoms with Gasteiger partial charge in [0.15, 0.2) is 0 Å². The van der Waals surface area contributed by atoms with Crippen molar-refractivity contribution in [2.24, 2.45) is 0 Å². The first kappa shape index (κ1) is 8.26. The van der Waals surface area contributed by atoms with Gasteiger partial charge in [-0.15, -0.1) is 0 Å². The van der Waals surface area contributed by atoms with Gasteiger partial charge < -0.3 is 3.53 Å². The second kappa shape index (κ2) is 3.52. The van der Waals surface area contributed by atoms with Crippen molar-refractivity contribution in [3.05, 3.63) is 28.5 Å². The zero-order valence-corrected chi connectivity index (χ0v) is 8.61. The molecular weight excluding hydrogens is 312 g/mol. The zero-order valence-electron chi connectivity index (χ0n) is 4.87. The minimum atomic E-state index is -0.242. The zero-order chi connectivity index (χ0) is 7.56. The number of halogens is 3. The lowest BCUT2D eigenvalue weighted by atomic mass is 10.3. The number of nitrogens with one attached hydrogen (secondary N) is 1. The van der Waals surface area contributed by atoms with Crippen LogP contribution in [-0.2, 0) is 0 Å². The molecule has 1 rings (SSSR count). The smallest absolute Gasteiger partial charge is 0.126 e. The second-order valence-corrected chi connectivity index (χ2v) is 3.21. The summed E-state index contributed by atoms with van der Waals surface area (Å²) in [4.78, 5) is 0. The van der Waals surface area contributed by atoms with E-state index in [2.05, 4.69) is 19.5 Å². The van der Waals surface area contributed by atoms with Gasteiger partial charge in [-0.05, 0) is 18.2 Å². The molecule has 1 nitrogen and oxygen atoms in total. The maximum Gasteiger partial charge on any atom is 0.126 e. The molecule has 0 bridgehead atoms. The Hall–Kier alpha value is 0.160. The highest BCUT2D eigenvalue weighted by atomic mass is 127. The lowest BCUT2D eigenvalue weighted by Gasteiger charge is -1.97. The van der Waals surface area contributed by atoms with E-state index >= 15 is 0 Å². The van der Waals surface area contributed by atoms with Crippen LogP contribution in [0.4, 0.5) is 10.1 Å². The van der Waals surface area contributed by atoms with Crippen LogP contribution in [0.15, 0.2) is 22.7 Å². The van der Waals surface area contributed by atoms with E-state index < -0.39 is 0 Å². The molecule has 0 aromatic heterocycles. The van der Waals surface area contributed by atoms with Crippen molar-refractivity contribution >= 4 is 44.5 Å². The molecule has 0 unspecified atom stereocenters. The van der Waals surface area contributed by atoms with Crippen molar-refractivity contribution in [3.8, 4) is 0 Å². The van der Waals surface area contributed by atoms with E-state index in [4.69, 9.17) is 0 Å². The monoisotopic (exact) mass is 315 g/mol. The molecule has 4 heteroatoms. The predicted molar refractivity (Wildman–Crippen MR) is 51.7 cm³/mol. The van der Waals surface area contributed by atoms with Crippen LogP contribution in [0, 0.1) is 5.82 Å². The van der Waals surface area contributed by atoms with Crippen LogP contribution in [0.5, 0.6) is 0 Å². The molecule has 0 amide bonds. The highest BCUT2D eigenvalue weighted by Gasteiger charge is 1.95. The van der Waals surface area contributed by atoms with Gasteiger partial charge in [-0.1, -0.05) is 15.9 Å². The Kier molecular flexibility index (Phi) is 2.91. The number of hydrogen-bond donors (Lipinski definition) is 1. The Labute approximate surface area is 80.6 Å². The SMILES string of the molecule is Fc1cc(Br)cc(NI)c1. The van der Waals surface area contributed by atoms with Crippen molar-refractivity contribution in [3.63, 3.8) is 0 Å². The molecule has 0 aliphatic rings. The van der Waals surface area contributed by atoms with Crippen molar-refractivity contribution < 1.29 is 4.39 Å². The van der Waals surface area contributed by atoms with Crippen LogP contribution >= 0.6 is 38.8 Å². The maximum atomic E-state index is 12.5. The number of rotatable bonds is 1. The highest BCUT2D eigenvalue weighted by Crippen LogP contribution is 2.19. The van der Waals surface area contributed by atoms with E-state index in [0.29, 0.717) is 0 Å². The van der Waals surface area contributed by atoms with E-state index in [0.717, 1.165) is 10.2 Å². The van der Waals surface area contributed by atoms with Gasteiger partial charge in [-0.25, -0.2) is 4.39 Å². The van der Waals surface area contributed by atoms with Crippen LogP contribution in [0.25, 0.3) is 0 Å². The number of benzene rings is 1. The maximum absolute atomic E-state index is 12.5. The van der Waals surface area contributed by atoms with Gasteiger partial charge in [0.2, 0.25) is 0 Å². The Bertz CT molecular complexity index is 221. The summed E-state index contributed by atoms with van der Waals surface area (Å²) >= 11 is 5.12. The lowest BCUT2D eigenvalue weighted by molar-refractivity contribution is 0.627. The quantitative estimate of drug-likeness (QED) is 0.619. The van der Waals surface area contributed by atoms with Gasteiger partial charge in [-0.2, -0.15) is 0 Å². The van der Waals surface area contributed by atoms with Crippen LogP contribution < -0.4 is 3.53 Å². The largest absolute Gasteiger partial charge is 0.328 e. The summed E-state index contributed by atoms with van der Waals surface area (Å²) in [6, 6.07) is 4.64. The van der Waals surface area contributed by atoms with E-state index in [1.807, 2.05) is 22.9 Å². The molecule has 0 saturated carbocycles. The molecule has 0 aliphatic heterocycles. The highest BCUT2D eigenvalue weighted by molar-refractivity contribution is 14.1. The molecule has 0 saturated heterocycles. The van der Waals surface area contributed by atoms with E-state index in [1.165, 1.54) is 12.1 Å². The van der Waals surface area contributed by atoms with Crippen LogP contribution in [0.1, 0.15) is 0 Å². The van der Waals surface area contributed by atoms with E-state index in [1.54, 1.807) is 6.07 Å². The first-order chi connectivity index (χ1) is 4.72. The fourth-order valence-corrected chi connectivity index (χ4v) is 1.39. The Morgan fingerprint density at radius 2 is 2.10 bits per heavy atom. The van der Waals surface area contributed by atoms with Crippen LogP contribution in [0.2, 0.25) is 0 Å². The first-order valence-electron chi connectivity index (χ1n) is 2.55. The van der Waals surface area contributed by atoms with Crippen molar-refractivity contribution in [2.75, 3.05) is 3.53 Å². The van der Waals surface area contributed by atoms with Crippen LogP contribution in [0.3, 0.4) is 0 Å². The molecule has 0 fully saturated rings. The minimum Gasteiger partial charge on any atom is -0.328 e. The second-order valence-electron chi connectivity index (χ2n) is 1.75. The molecule has 1 aromatic carbocycles. The molecular formula is C6H4BrFIN. The Morgan fingerprint density at radius 1 is 1.40 bits per heavy atom. The average Bonchev–Trinajstić information content (AvgIpc) is 1.85. The Morgan fingerprint density at radius 3 is 2.60 bits per heavy atom. The summed E-state index contributed by atoms with van der Waals surface area (Å²) in [5.41, 5.74) is 0.757. The number of hydrogen-bond acceptors (Lipinski definition) is 1. The molecule has 0 radical (unpaired) electrons. The number of anilines is 1. The summed E-state index contributed by atoms with van der Waals surface area (Å²) in [6.07, 6.45) is 0. The van der Waals surface area contributed by atoms with Gasteiger partial charge in [0, 0.05) is 10.2 Å². The van der Waals surface area contributed by atoms with Gasteiger partial charge >= 0.3 is 0 Å². The summed E-state index contributed by atoms with van der Waals surface area (Å²) < 4.78 is 16.1. The molecule has 0 spiro atoms. The predicted octanol–water partition coefficient (Wildman–Crippen LogP) is 3.35. The summed E-state index contributed by atoms with van der Waals surface area (Å²) in [5, 5.41) is 0. The van der Waals surface area contributed by atoms with Gasteiger partial charge in [-0.3, -0.25) is 0 Å². The fourth-order valence-electron chi connectivity index (χ4n) is 0.608. The van der Waals surface area contributed by atoms with Crippen molar-refractivity contribution in [1.29, 1.82) is 0 Å². The van der Waals surface area contributed by atoms with Gasteiger partial charge in [0.25, 0.3) is 0 Å². The van der Waals surface area contributed by atoms with Crippen molar-refractivity contribution in [2.45, 2.75) is 0 Å². The van der Waals surface area contributed by atoms with Gasteiger partial charge in [0.1, 0.15) is 5.82 Å². The molecule has 10 heavy (non-hydrogen) atoms.